The summed E-state index contributed by atoms with van der Waals surface area (Å²) in [6, 6.07) is 10.7. The second kappa shape index (κ2) is 5.47. The number of nitrogens with one attached hydrogen (secondary N) is 1. The third-order valence-electron chi connectivity index (χ3n) is 4.44. The molecule has 1 fully saturated rings. The fraction of sp³-hybridized carbons (Fsp3) is 0.444. The van der Waals surface area contributed by atoms with Crippen LogP contribution in [0.5, 0.6) is 0 Å². The van der Waals surface area contributed by atoms with Gasteiger partial charge in [0.05, 0.1) is 5.41 Å². The number of rotatable bonds is 5. The summed E-state index contributed by atoms with van der Waals surface area (Å²) < 4.78 is 0. The Morgan fingerprint density at radius 2 is 1.81 bits per heavy atom. The smallest absolute Gasteiger partial charge is 0.141 e. The van der Waals surface area contributed by atoms with Crippen molar-refractivity contribution in [2.45, 2.75) is 45.4 Å². The molecule has 3 heteroatoms. The quantitative estimate of drug-likeness (QED) is 0.900. The van der Waals surface area contributed by atoms with Crippen molar-refractivity contribution in [2.75, 3.05) is 11.9 Å². The van der Waals surface area contributed by atoms with Crippen LogP contribution in [0.1, 0.15) is 48.8 Å². The van der Waals surface area contributed by atoms with Crippen LogP contribution in [0.4, 0.5) is 5.82 Å². The van der Waals surface area contributed by atoms with Crippen LogP contribution in [0.15, 0.2) is 30.3 Å². The normalized spacial score (nSPS) is 15.8. The average molecular weight is 281 g/mol. The Bertz CT molecular complexity index is 630. The van der Waals surface area contributed by atoms with E-state index in [1.807, 2.05) is 0 Å². The second-order valence-corrected chi connectivity index (χ2v) is 5.98. The Balaban J connectivity index is 2.01. The van der Waals surface area contributed by atoms with Gasteiger partial charge in [-0.15, -0.1) is 0 Å². The first-order chi connectivity index (χ1) is 10.2. The maximum absolute atomic E-state index is 4.86. The Labute approximate surface area is 126 Å². The molecular weight excluding hydrogens is 258 g/mol. The molecule has 1 aromatic carbocycles. The summed E-state index contributed by atoms with van der Waals surface area (Å²) in [4.78, 5) is 9.66. The minimum Gasteiger partial charge on any atom is -0.370 e. The van der Waals surface area contributed by atoms with Gasteiger partial charge in [0.25, 0.3) is 0 Å². The number of benzene rings is 1. The first-order valence-electron chi connectivity index (χ1n) is 7.82. The van der Waals surface area contributed by atoms with E-state index in [2.05, 4.69) is 56.4 Å². The highest BCUT2D eigenvalue weighted by atomic mass is 15.0. The lowest BCUT2D eigenvalue weighted by molar-refractivity contribution is 0.743. The lowest BCUT2D eigenvalue weighted by Gasteiger charge is -2.18. The maximum atomic E-state index is 4.86. The monoisotopic (exact) mass is 281 g/mol. The average Bonchev–Trinajstić information content (AvgIpc) is 3.31. The van der Waals surface area contributed by atoms with Crippen LogP contribution in [0, 0.1) is 13.8 Å². The van der Waals surface area contributed by atoms with Gasteiger partial charge in [-0.1, -0.05) is 37.3 Å². The van der Waals surface area contributed by atoms with E-state index in [1.165, 1.54) is 5.56 Å². The largest absolute Gasteiger partial charge is 0.370 e. The summed E-state index contributed by atoms with van der Waals surface area (Å²) in [7, 11) is 0. The summed E-state index contributed by atoms with van der Waals surface area (Å²) in [5.74, 6) is 1.98. The van der Waals surface area contributed by atoms with Crippen molar-refractivity contribution in [1.29, 1.82) is 0 Å². The molecule has 0 saturated heterocycles. The van der Waals surface area contributed by atoms with Gasteiger partial charge < -0.3 is 5.32 Å². The number of aryl methyl sites for hydroxylation is 1. The van der Waals surface area contributed by atoms with Crippen molar-refractivity contribution in [2.24, 2.45) is 0 Å². The number of aromatic nitrogens is 2. The number of nitrogens with zero attached hydrogens (tertiary/aromatic N) is 2. The van der Waals surface area contributed by atoms with E-state index in [0.717, 1.165) is 48.7 Å². The van der Waals surface area contributed by atoms with E-state index >= 15 is 0 Å². The molecule has 1 N–H and O–H groups in total. The number of anilines is 1. The first kappa shape index (κ1) is 14.1. The van der Waals surface area contributed by atoms with Gasteiger partial charge in [0.1, 0.15) is 11.6 Å². The van der Waals surface area contributed by atoms with Gasteiger partial charge in [0.2, 0.25) is 0 Å². The summed E-state index contributed by atoms with van der Waals surface area (Å²) >= 11 is 0. The zero-order valence-electron chi connectivity index (χ0n) is 13.1. The van der Waals surface area contributed by atoms with Gasteiger partial charge >= 0.3 is 0 Å². The van der Waals surface area contributed by atoms with E-state index in [9.17, 15) is 0 Å². The molecule has 0 aliphatic heterocycles. The number of hydrogen-bond acceptors (Lipinski definition) is 3. The van der Waals surface area contributed by atoms with Crippen molar-refractivity contribution < 1.29 is 0 Å². The van der Waals surface area contributed by atoms with Crippen LogP contribution in [0.2, 0.25) is 0 Å². The van der Waals surface area contributed by atoms with Crippen LogP contribution in [0.3, 0.4) is 0 Å². The fourth-order valence-corrected chi connectivity index (χ4v) is 2.78. The van der Waals surface area contributed by atoms with Gasteiger partial charge in [-0.25, -0.2) is 9.97 Å². The molecule has 110 valence electrons. The van der Waals surface area contributed by atoms with E-state index in [0.29, 0.717) is 0 Å². The molecule has 0 unspecified atom stereocenters. The predicted molar refractivity (Wildman–Crippen MR) is 86.7 cm³/mol. The molecule has 21 heavy (non-hydrogen) atoms. The zero-order chi connectivity index (χ0) is 14.9. The molecule has 1 saturated carbocycles. The van der Waals surface area contributed by atoms with Gasteiger partial charge in [-0.3, -0.25) is 0 Å². The Hall–Kier alpha value is -1.90. The fourth-order valence-electron chi connectivity index (χ4n) is 2.78. The first-order valence-corrected chi connectivity index (χ1v) is 7.82. The third kappa shape index (κ3) is 2.53. The van der Waals surface area contributed by atoms with E-state index in [-0.39, 0.29) is 5.41 Å². The predicted octanol–water partition coefficient (Wildman–Crippen LogP) is 4.00. The van der Waals surface area contributed by atoms with Crippen LogP contribution >= 0.6 is 0 Å². The highest BCUT2D eigenvalue weighted by Gasteiger charge is 2.48. The minimum atomic E-state index is 0.0440. The topological polar surface area (TPSA) is 37.8 Å². The molecule has 1 heterocycles. The zero-order valence-corrected chi connectivity index (χ0v) is 13.1. The summed E-state index contributed by atoms with van der Waals surface area (Å²) in [6.07, 6.45) is 3.39. The molecule has 0 atom stereocenters. The molecular formula is C18H23N3. The van der Waals surface area contributed by atoms with E-state index in [1.54, 1.807) is 0 Å². The minimum absolute atomic E-state index is 0.0440. The Morgan fingerprint density at radius 3 is 2.43 bits per heavy atom. The standard InChI is InChI=1S/C18H23N3/c1-4-12-19-16-13(2)14(3)20-17(21-16)18(10-11-18)15-8-6-5-7-9-15/h5-9H,4,10-12H2,1-3H3,(H,19,20,21). The molecule has 0 spiro atoms. The molecule has 0 bridgehead atoms. The van der Waals surface area contributed by atoms with Crippen LogP contribution in [-0.2, 0) is 5.41 Å². The SMILES string of the molecule is CCCNc1nc(C2(c3ccccc3)CC2)nc(C)c1C. The van der Waals surface area contributed by atoms with Crippen molar-refractivity contribution in [3.05, 3.63) is 53.0 Å². The van der Waals surface area contributed by atoms with E-state index < -0.39 is 0 Å². The lowest BCUT2D eigenvalue weighted by atomic mass is 9.95. The van der Waals surface area contributed by atoms with Crippen LogP contribution < -0.4 is 5.32 Å². The highest BCUT2D eigenvalue weighted by Crippen LogP contribution is 2.52. The molecule has 2 aromatic rings. The molecule has 0 amide bonds. The molecule has 3 nitrogen and oxygen atoms in total. The molecule has 3 rings (SSSR count). The summed E-state index contributed by atoms with van der Waals surface area (Å²) in [5.41, 5.74) is 3.63. The van der Waals surface area contributed by atoms with Gasteiger partial charge in [0, 0.05) is 17.8 Å². The molecule has 0 radical (unpaired) electrons. The Morgan fingerprint density at radius 1 is 1.10 bits per heavy atom. The molecule has 1 aliphatic carbocycles. The summed E-state index contributed by atoms with van der Waals surface area (Å²) in [6.45, 7) is 7.30. The second-order valence-electron chi connectivity index (χ2n) is 5.98. The highest BCUT2D eigenvalue weighted by molar-refractivity contribution is 5.49. The van der Waals surface area contributed by atoms with Crippen molar-refractivity contribution in [3.8, 4) is 0 Å². The van der Waals surface area contributed by atoms with Crippen LogP contribution in [-0.4, -0.2) is 16.5 Å². The lowest BCUT2D eigenvalue weighted by Crippen LogP contribution is -2.17. The van der Waals surface area contributed by atoms with Gasteiger partial charge in [0.15, 0.2) is 0 Å². The third-order valence-corrected chi connectivity index (χ3v) is 4.44. The van der Waals surface area contributed by atoms with E-state index in [4.69, 9.17) is 9.97 Å². The van der Waals surface area contributed by atoms with Crippen molar-refractivity contribution in [1.82, 2.24) is 9.97 Å². The Kier molecular flexibility index (Phi) is 3.66. The van der Waals surface area contributed by atoms with Gasteiger partial charge in [-0.2, -0.15) is 0 Å². The number of hydrogen-bond donors (Lipinski definition) is 1. The molecule has 1 aromatic heterocycles. The van der Waals surface area contributed by atoms with Crippen molar-refractivity contribution in [3.63, 3.8) is 0 Å². The molecule has 1 aliphatic rings. The van der Waals surface area contributed by atoms with Crippen LogP contribution in [0.25, 0.3) is 0 Å². The summed E-state index contributed by atoms with van der Waals surface area (Å²) in [5, 5.41) is 3.44. The maximum Gasteiger partial charge on any atom is 0.141 e. The van der Waals surface area contributed by atoms with Crippen molar-refractivity contribution >= 4 is 5.82 Å². The van der Waals surface area contributed by atoms with Gasteiger partial charge in [-0.05, 0) is 38.7 Å².